The van der Waals surface area contributed by atoms with E-state index in [4.69, 9.17) is 5.84 Å². The molecule has 19 heavy (non-hydrogen) atoms. The van der Waals surface area contributed by atoms with Crippen molar-refractivity contribution in [2.75, 3.05) is 5.75 Å². The molecule has 0 spiro atoms. The third kappa shape index (κ3) is 4.67. The molecule has 3 N–H and O–H groups in total. The molecule has 1 aromatic carbocycles. The van der Waals surface area contributed by atoms with E-state index in [-0.39, 0.29) is 0 Å². The molecule has 0 aliphatic heterocycles. The molecule has 1 rings (SSSR count). The van der Waals surface area contributed by atoms with Crippen molar-refractivity contribution in [3.63, 3.8) is 0 Å². The Morgan fingerprint density at radius 1 is 1.32 bits per heavy atom. The summed E-state index contributed by atoms with van der Waals surface area (Å²) in [5, 5.41) is 0.332. The lowest BCUT2D eigenvalue weighted by molar-refractivity contribution is -0.140. The second-order valence-electron chi connectivity index (χ2n) is 4.34. The maximum Gasteiger partial charge on any atom is 0.419 e. The lowest BCUT2D eigenvalue weighted by Gasteiger charge is -2.19. The van der Waals surface area contributed by atoms with Crippen LogP contribution >= 0.6 is 11.8 Å². The monoisotopic (exact) mass is 296 g/mol. The predicted octanol–water partition coefficient (Wildman–Crippen LogP) is 3.49. The number of hydrogen-bond acceptors (Lipinski definition) is 3. The molecule has 0 heterocycles. The normalized spacial score (nSPS) is 13.9. The van der Waals surface area contributed by atoms with Crippen molar-refractivity contribution in [2.24, 2.45) is 5.84 Å². The number of hydrogen-bond donors (Lipinski definition) is 2. The van der Waals surface area contributed by atoms with Crippen LogP contribution in [0, 0.1) is 5.82 Å². The Bertz CT molecular complexity index is 421. The molecule has 1 atom stereocenters. The van der Waals surface area contributed by atoms with Gasteiger partial charge in [-0.3, -0.25) is 11.3 Å². The van der Waals surface area contributed by atoms with E-state index in [0.29, 0.717) is 16.6 Å². The average molecular weight is 296 g/mol. The van der Waals surface area contributed by atoms with Gasteiger partial charge in [-0.15, -0.1) is 0 Å². The summed E-state index contributed by atoms with van der Waals surface area (Å²) < 4.78 is 51.0. The molecule has 1 unspecified atom stereocenters. The summed E-state index contributed by atoms with van der Waals surface area (Å²) in [4.78, 5) is 0. The molecule has 0 saturated carbocycles. The molecule has 0 aliphatic carbocycles. The van der Waals surface area contributed by atoms with E-state index in [1.54, 1.807) is 11.8 Å². The van der Waals surface area contributed by atoms with E-state index in [1.807, 2.05) is 13.8 Å². The zero-order chi connectivity index (χ0) is 14.6. The molecule has 0 fully saturated rings. The molecule has 0 amide bonds. The number of hydrazine groups is 1. The Hall–Kier alpha value is -0.790. The largest absolute Gasteiger partial charge is 0.419 e. The molecule has 2 nitrogen and oxygen atoms in total. The highest BCUT2D eigenvalue weighted by Gasteiger charge is 2.34. The fourth-order valence-electron chi connectivity index (χ4n) is 1.51. The minimum atomic E-state index is -4.70. The first-order valence-electron chi connectivity index (χ1n) is 5.70. The second kappa shape index (κ2) is 6.58. The van der Waals surface area contributed by atoms with Crippen LogP contribution in [0.5, 0.6) is 0 Å². The van der Waals surface area contributed by atoms with Crippen molar-refractivity contribution in [3.8, 4) is 0 Å². The van der Waals surface area contributed by atoms with Crippen LogP contribution in [0.4, 0.5) is 17.6 Å². The van der Waals surface area contributed by atoms with Gasteiger partial charge in [0.25, 0.3) is 0 Å². The summed E-state index contributed by atoms with van der Waals surface area (Å²) >= 11 is 1.56. The first kappa shape index (κ1) is 16.3. The number of alkyl halides is 3. The quantitative estimate of drug-likeness (QED) is 0.496. The number of rotatable bonds is 5. The van der Waals surface area contributed by atoms with Crippen LogP contribution in [0.3, 0.4) is 0 Å². The lowest BCUT2D eigenvalue weighted by atomic mass is 10.0. The van der Waals surface area contributed by atoms with E-state index in [2.05, 4.69) is 5.43 Å². The van der Waals surface area contributed by atoms with E-state index in [1.165, 1.54) is 6.07 Å². The summed E-state index contributed by atoms with van der Waals surface area (Å²) in [6.45, 7) is 3.95. The van der Waals surface area contributed by atoms with Gasteiger partial charge >= 0.3 is 6.18 Å². The van der Waals surface area contributed by atoms with Gasteiger partial charge in [0, 0.05) is 5.75 Å². The SMILES string of the molecule is CC(C)SCC(NN)c1ccc(F)c(C(F)(F)F)c1. The number of halogens is 4. The van der Waals surface area contributed by atoms with Crippen molar-refractivity contribution in [1.82, 2.24) is 5.43 Å². The minimum Gasteiger partial charge on any atom is -0.271 e. The van der Waals surface area contributed by atoms with Crippen molar-refractivity contribution in [3.05, 3.63) is 35.1 Å². The van der Waals surface area contributed by atoms with Gasteiger partial charge in [-0.05, 0) is 22.9 Å². The number of nitrogens with two attached hydrogens (primary N) is 1. The highest BCUT2D eigenvalue weighted by Crippen LogP contribution is 2.33. The van der Waals surface area contributed by atoms with E-state index in [0.717, 1.165) is 12.1 Å². The number of benzene rings is 1. The first-order valence-corrected chi connectivity index (χ1v) is 6.75. The van der Waals surface area contributed by atoms with Gasteiger partial charge < -0.3 is 0 Å². The number of nitrogens with one attached hydrogen (secondary N) is 1. The zero-order valence-electron chi connectivity index (χ0n) is 10.6. The Morgan fingerprint density at radius 2 is 1.95 bits per heavy atom. The summed E-state index contributed by atoms with van der Waals surface area (Å²) in [6, 6.07) is 2.49. The third-order valence-electron chi connectivity index (χ3n) is 2.50. The van der Waals surface area contributed by atoms with Gasteiger partial charge in [0.1, 0.15) is 5.82 Å². The summed E-state index contributed by atoms with van der Waals surface area (Å²) in [5.41, 5.74) is 1.52. The van der Waals surface area contributed by atoms with Crippen LogP contribution in [0.2, 0.25) is 0 Å². The molecule has 0 radical (unpaired) electrons. The van der Waals surface area contributed by atoms with Crippen molar-refractivity contribution in [1.29, 1.82) is 0 Å². The Morgan fingerprint density at radius 3 is 2.42 bits per heavy atom. The predicted molar refractivity (Wildman–Crippen MR) is 69.1 cm³/mol. The average Bonchev–Trinajstić information content (AvgIpc) is 2.29. The van der Waals surface area contributed by atoms with Crippen molar-refractivity contribution >= 4 is 11.8 Å². The third-order valence-corrected chi connectivity index (χ3v) is 3.69. The van der Waals surface area contributed by atoms with Crippen LogP contribution in [-0.4, -0.2) is 11.0 Å². The molecule has 0 aromatic heterocycles. The van der Waals surface area contributed by atoms with E-state index < -0.39 is 23.6 Å². The summed E-state index contributed by atoms with van der Waals surface area (Å²) in [5.74, 6) is 4.59. The Balaban J connectivity index is 2.99. The minimum absolute atomic E-state index is 0.323. The molecule has 0 aliphatic rings. The zero-order valence-corrected chi connectivity index (χ0v) is 11.4. The Labute approximate surface area is 113 Å². The molecular formula is C12H16F4N2S. The molecular weight excluding hydrogens is 280 g/mol. The molecule has 108 valence electrons. The molecule has 1 aromatic rings. The molecule has 7 heteroatoms. The van der Waals surface area contributed by atoms with Crippen LogP contribution in [0.25, 0.3) is 0 Å². The standard InChI is InChI=1S/C12H16F4N2S/c1-7(2)19-6-11(18-17)8-3-4-10(13)9(5-8)12(14,15)16/h3-5,7,11,18H,6,17H2,1-2H3. The van der Waals surface area contributed by atoms with Gasteiger partial charge in [-0.25, -0.2) is 4.39 Å². The van der Waals surface area contributed by atoms with Gasteiger partial charge in [-0.1, -0.05) is 19.9 Å². The summed E-state index contributed by atoms with van der Waals surface area (Å²) in [7, 11) is 0. The van der Waals surface area contributed by atoms with Crippen LogP contribution in [0.15, 0.2) is 18.2 Å². The van der Waals surface area contributed by atoms with Gasteiger partial charge in [0.15, 0.2) is 0 Å². The highest BCUT2D eigenvalue weighted by atomic mass is 32.2. The molecule has 0 bridgehead atoms. The highest BCUT2D eigenvalue weighted by molar-refractivity contribution is 7.99. The number of thioether (sulfide) groups is 1. The fourth-order valence-corrected chi connectivity index (χ4v) is 2.37. The van der Waals surface area contributed by atoms with Crippen LogP contribution in [0.1, 0.15) is 31.0 Å². The van der Waals surface area contributed by atoms with Crippen LogP contribution < -0.4 is 11.3 Å². The fraction of sp³-hybridized carbons (Fsp3) is 0.500. The topological polar surface area (TPSA) is 38.0 Å². The smallest absolute Gasteiger partial charge is 0.271 e. The van der Waals surface area contributed by atoms with E-state index in [9.17, 15) is 17.6 Å². The van der Waals surface area contributed by atoms with Crippen LogP contribution in [-0.2, 0) is 6.18 Å². The van der Waals surface area contributed by atoms with Crippen molar-refractivity contribution in [2.45, 2.75) is 31.3 Å². The summed E-state index contributed by atoms with van der Waals surface area (Å²) in [6.07, 6.45) is -4.70. The lowest BCUT2D eigenvalue weighted by Crippen LogP contribution is -2.30. The van der Waals surface area contributed by atoms with Gasteiger partial charge in [0.2, 0.25) is 0 Å². The first-order chi connectivity index (χ1) is 8.75. The molecule has 0 saturated heterocycles. The van der Waals surface area contributed by atoms with Gasteiger partial charge in [-0.2, -0.15) is 24.9 Å². The van der Waals surface area contributed by atoms with Crippen molar-refractivity contribution < 1.29 is 17.6 Å². The van der Waals surface area contributed by atoms with E-state index >= 15 is 0 Å². The van der Waals surface area contributed by atoms with Gasteiger partial charge in [0.05, 0.1) is 11.6 Å². The Kier molecular flexibility index (Phi) is 5.64. The second-order valence-corrected chi connectivity index (χ2v) is 5.95. The maximum absolute atomic E-state index is 13.2. The maximum atomic E-state index is 13.2.